The van der Waals surface area contributed by atoms with Gasteiger partial charge in [0.25, 0.3) is 0 Å². The van der Waals surface area contributed by atoms with Crippen LogP contribution in [0.5, 0.6) is 0 Å². The first-order chi connectivity index (χ1) is 12.2. The monoisotopic (exact) mass is 345 g/mol. The Morgan fingerprint density at radius 1 is 1.32 bits per heavy atom. The number of hydrogen-bond acceptors (Lipinski definition) is 3. The van der Waals surface area contributed by atoms with Gasteiger partial charge in [0.1, 0.15) is 0 Å². The summed E-state index contributed by atoms with van der Waals surface area (Å²) < 4.78 is 0. The molecular formula is C20H31N3O2. The van der Waals surface area contributed by atoms with Crippen molar-refractivity contribution in [2.24, 2.45) is 0 Å². The molecule has 1 fully saturated rings. The van der Waals surface area contributed by atoms with Crippen molar-refractivity contribution >= 4 is 6.03 Å². The molecule has 3 rings (SSSR count). The van der Waals surface area contributed by atoms with Gasteiger partial charge in [-0.05, 0) is 56.3 Å². The lowest BCUT2D eigenvalue weighted by atomic mass is 9.87. The molecule has 2 aliphatic rings. The van der Waals surface area contributed by atoms with Gasteiger partial charge in [-0.3, -0.25) is 4.90 Å². The van der Waals surface area contributed by atoms with Crippen LogP contribution in [0.1, 0.15) is 49.8 Å². The predicted octanol–water partition coefficient (Wildman–Crippen LogP) is 2.55. The van der Waals surface area contributed by atoms with Crippen LogP contribution in [-0.2, 0) is 6.42 Å². The number of nitrogens with zero attached hydrogens (tertiary/aromatic N) is 2. The Balaban J connectivity index is 1.67. The number of aliphatic hydroxyl groups is 1. The maximum absolute atomic E-state index is 12.9. The van der Waals surface area contributed by atoms with E-state index in [9.17, 15) is 9.90 Å². The topological polar surface area (TPSA) is 55.8 Å². The number of benzene rings is 1. The Morgan fingerprint density at radius 3 is 2.96 bits per heavy atom. The highest BCUT2D eigenvalue weighted by Crippen LogP contribution is 2.34. The summed E-state index contributed by atoms with van der Waals surface area (Å²) in [6, 6.07) is 8.88. The van der Waals surface area contributed by atoms with Gasteiger partial charge in [-0.25, -0.2) is 4.79 Å². The molecule has 1 aromatic carbocycles. The molecule has 1 aliphatic carbocycles. The van der Waals surface area contributed by atoms with E-state index in [0.717, 1.165) is 38.8 Å². The second-order valence-electron chi connectivity index (χ2n) is 7.13. The zero-order valence-electron chi connectivity index (χ0n) is 15.3. The maximum atomic E-state index is 12.9. The van der Waals surface area contributed by atoms with Gasteiger partial charge in [-0.15, -0.1) is 0 Å². The lowest BCUT2D eigenvalue weighted by Gasteiger charge is -2.36. The van der Waals surface area contributed by atoms with E-state index in [-0.39, 0.29) is 18.7 Å². The van der Waals surface area contributed by atoms with Crippen molar-refractivity contribution in [2.45, 2.75) is 51.1 Å². The molecule has 0 bridgehead atoms. The van der Waals surface area contributed by atoms with Crippen molar-refractivity contribution in [3.8, 4) is 0 Å². The summed E-state index contributed by atoms with van der Waals surface area (Å²) in [6.07, 6.45) is 5.50. The summed E-state index contributed by atoms with van der Waals surface area (Å²) in [5, 5.41) is 12.6. The SMILES string of the molecule is CCN1CCCC1CNC(=O)N(CCO)C1CCCc2ccccc21. The van der Waals surface area contributed by atoms with E-state index in [1.807, 2.05) is 11.0 Å². The molecule has 1 saturated heterocycles. The van der Waals surface area contributed by atoms with Crippen LogP contribution in [0.3, 0.4) is 0 Å². The van der Waals surface area contributed by atoms with Crippen molar-refractivity contribution < 1.29 is 9.90 Å². The standard InChI is InChI=1S/C20H31N3O2/c1-2-22-12-6-9-17(22)15-21-20(25)23(13-14-24)19-11-5-8-16-7-3-4-10-18(16)19/h3-4,7,10,17,19,24H,2,5-6,8-9,11-15H2,1H3,(H,21,25). The minimum atomic E-state index is -0.0429. The number of nitrogens with one attached hydrogen (secondary N) is 1. The van der Waals surface area contributed by atoms with Crippen molar-refractivity contribution in [1.82, 2.24) is 15.1 Å². The molecule has 0 saturated carbocycles. The van der Waals surface area contributed by atoms with Crippen LogP contribution in [0.4, 0.5) is 4.79 Å². The molecule has 1 aromatic rings. The van der Waals surface area contributed by atoms with Crippen molar-refractivity contribution in [3.63, 3.8) is 0 Å². The summed E-state index contributed by atoms with van der Waals surface area (Å²) in [7, 11) is 0. The van der Waals surface area contributed by atoms with Gasteiger partial charge in [0, 0.05) is 19.1 Å². The number of likely N-dealkylation sites (tertiary alicyclic amines) is 1. The highest BCUT2D eigenvalue weighted by Gasteiger charge is 2.30. The van der Waals surface area contributed by atoms with Crippen LogP contribution in [0.15, 0.2) is 24.3 Å². The minimum Gasteiger partial charge on any atom is -0.395 e. The molecule has 1 aliphatic heterocycles. The van der Waals surface area contributed by atoms with Gasteiger partial charge < -0.3 is 15.3 Å². The summed E-state index contributed by atoms with van der Waals surface area (Å²) in [5.74, 6) is 0. The lowest BCUT2D eigenvalue weighted by molar-refractivity contribution is 0.141. The summed E-state index contributed by atoms with van der Waals surface area (Å²) in [4.78, 5) is 17.2. The molecule has 1 heterocycles. The first kappa shape index (κ1) is 18.2. The van der Waals surface area contributed by atoms with Gasteiger partial charge in [-0.2, -0.15) is 0 Å². The third-order valence-corrected chi connectivity index (χ3v) is 5.71. The minimum absolute atomic E-state index is 0.00337. The van der Waals surface area contributed by atoms with E-state index in [4.69, 9.17) is 0 Å². The number of carbonyl (C=O) groups is 1. The molecule has 25 heavy (non-hydrogen) atoms. The number of amides is 2. The summed E-state index contributed by atoms with van der Waals surface area (Å²) in [6.45, 7) is 5.42. The number of hydrogen-bond donors (Lipinski definition) is 2. The van der Waals surface area contributed by atoms with E-state index in [1.165, 1.54) is 17.5 Å². The van der Waals surface area contributed by atoms with Gasteiger partial charge >= 0.3 is 6.03 Å². The fourth-order valence-corrected chi connectivity index (χ4v) is 4.41. The molecule has 0 spiro atoms. The van der Waals surface area contributed by atoms with Crippen molar-refractivity contribution in [3.05, 3.63) is 35.4 Å². The van der Waals surface area contributed by atoms with Crippen molar-refractivity contribution in [1.29, 1.82) is 0 Å². The molecule has 138 valence electrons. The fourth-order valence-electron chi connectivity index (χ4n) is 4.41. The average Bonchev–Trinajstić information content (AvgIpc) is 3.11. The van der Waals surface area contributed by atoms with Crippen LogP contribution in [0.25, 0.3) is 0 Å². The third kappa shape index (κ3) is 4.15. The molecule has 0 aromatic heterocycles. The number of urea groups is 1. The van der Waals surface area contributed by atoms with Crippen molar-refractivity contribution in [2.75, 3.05) is 32.8 Å². The average molecular weight is 345 g/mol. The zero-order chi connectivity index (χ0) is 17.6. The summed E-state index contributed by atoms with van der Waals surface area (Å²) in [5.41, 5.74) is 2.58. The Kier molecular flexibility index (Phi) is 6.32. The fraction of sp³-hybridized carbons (Fsp3) is 0.650. The highest BCUT2D eigenvalue weighted by molar-refractivity contribution is 5.75. The van der Waals surface area contributed by atoms with Crippen LogP contribution < -0.4 is 5.32 Å². The highest BCUT2D eigenvalue weighted by atomic mass is 16.3. The maximum Gasteiger partial charge on any atom is 0.318 e. The largest absolute Gasteiger partial charge is 0.395 e. The lowest BCUT2D eigenvalue weighted by Crippen LogP contribution is -2.48. The number of aryl methyl sites for hydroxylation is 1. The molecule has 2 atom stereocenters. The number of aliphatic hydroxyl groups excluding tert-OH is 1. The van der Waals surface area contributed by atoms with E-state index >= 15 is 0 Å². The summed E-state index contributed by atoms with van der Waals surface area (Å²) >= 11 is 0. The first-order valence-electron chi connectivity index (χ1n) is 9.71. The Morgan fingerprint density at radius 2 is 2.16 bits per heavy atom. The van der Waals surface area contributed by atoms with Gasteiger partial charge in [0.05, 0.1) is 12.6 Å². The number of likely N-dealkylation sites (N-methyl/N-ethyl adjacent to an activating group) is 1. The van der Waals surface area contributed by atoms with Crippen LogP contribution in [0.2, 0.25) is 0 Å². The zero-order valence-corrected chi connectivity index (χ0v) is 15.3. The molecule has 2 unspecified atom stereocenters. The number of fused-ring (bicyclic) bond motifs is 1. The molecule has 5 heteroatoms. The molecule has 2 N–H and O–H groups in total. The molecular weight excluding hydrogens is 314 g/mol. The second kappa shape index (κ2) is 8.68. The molecule has 2 amide bonds. The van der Waals surface area contributed by atoms with Crippen LogP contribution in [0, 0.1) is 0 Å². The Labute approximate surface area is 151 Å². The number of carbonyl (C=O) groups excluding carboxylic acids is 1. The molecule has 0 radical (unpaired) electrons. The second-order valence-corrected chi connectivity index (χ2v) is 7.13. The predicted molar refractivity (Wildman–Crippen MR) is 99.6 cm³/mol. The first-order valence-corrected chi connectivity index (χ1v) is 9.71. The van der Waals surface area contributed by atoms with Gasteiger partial charge in [0.2, 0.25) is 0 Å². The Hall–Kier alpha value is -1.59. The molecule has 5 nitrogen and oxygen atoms in total. The van der Waals surface area contributed by atoms with Gasteiger partial charge in [0.15, 0.2) is 0 Å². The normalized spacial score (nSPS) is 23.3. The Bertz CT molecular complexity index is 578. The van der Waals surface area contributed by atoms with Crippen LogP contribution in [-0.4, -0.2) is 59.8 Å². The smallest absolute Gasteiger partial charge is 0.318 e. The van der Waals surface area contributed by atoms with E-state index in [0.29, 0.717) is 19.1 Å². The van der Waals surface area contributed by atoms with Gasteiger partial charge in [-0.1, -0.05) is 31.2 Å². The third-order valence-electron chi connectivity index (χ3n) is 5.71. The quantitative estimate of drug-likeness (QED) is 0.833. The van der Waals surface area contributed by atoms with E-state index < -0.39 is 0 Å². The van der Waals surface area contributed by atoms with Crippen LogP contribution >= 0.6 is 0 Å². The number of rotatable bonds is 6. The van der Waals surface area contributed by atoms with E-state index in [2.05, 4.69) is 35.3 Å². The van der Waals surface area contributed by atoms with E-state index in [1.54, 1.807) is 0 Å².